The van der Waals surface area contributed by atoms with Crippen LogP contribution in [0.2, 0.25) is 0 Å². The van der Waals surface area contributed by atoms with Gasteiger partial charge in [-0.2, -0.15) is 5.10 Å². The fourth-order valence-electron chi connectivity index (χ4n) is 4.78. The van der Waals surface area contributed by atoms with Gasteiger partial charge in [0, 0.05) is 36.9 Å². The van der Waals surface area contributed by atoms with Crippen molar-refractivity contribution in [2.75, 3.05) is 32.0 Å². The predicted molar refractivity (Wildman–Crippen MR) is 143 cm³/mol. The molecule has 0 spiro atoms. The zero-order valence-corrected chi connectivity index (χ0v) is 21.5. The van der Waals surface area contributed by atoms with Crippen LogP contribution in [0.15, 0.2) is 55.0 Å². The fraction of sp³-hybridized carbons (Fsp3) is 0.280. The quantitative estimate of drug-likeness (QED) is 0.316. The van der Waals surface area contributed by atoms with Gasteiger partial charge < -0.3 is 14.9 Å². The van der Waals surface area contributed by atoms with Crippen LogP contribution in [0.25, 0.3) is 27.9 Å². The Bertz CT molecular complexity index is 1520. The molecule has 9 nitrogen and oxygen atoms in total. The van der Waals surface area contributed by atoms with Crippen LogP contribution in [0.1, 0.15) is 24.2 Å². The van der Waals surface area contributed by atoms with E-state index < -0.39 is 0 Å². The molecule has 0 aromatic carbocycles. The molecule has 0 saturated carbocycles. The van der Waals surface area contributed by atoms with Crippen molar-refractivity contribution in [2.24, 2.45) is 0 Å². The van der Waals surface area contributed by atoms with E-state index in [0.717, 1.165) is 75.7 Å². The maximum absolute atomic E-state index is 6.15. The predicted octanol–water partition coefficient (Wildman–Crippen LogP) is 3.77. The van der Waals surface area contributed by atoms with Gasteiger partial charge in [0.25, 0.3) is 0 Å². The van der Waals surface area contributed by atoms with Gasteiger partial charge in [-0.05, 0) is 59.8 Å². The molecule has 1 aliphatic heterocycles. The number of aromatic nitrogens is 6. The molecule has 1 unspecified atom stereocenters. The topological polar surface area (TPSA) is 99.4 Å². The molecule has 0 bridgehead atoms. The Labute approximate surface area is 216 Å². The van der Waals surface area contributed by atoms with Crippen molar-refractivity contribution >= 4 is 45.0 Å². The molecule has 5 aromatic heterocycles. The number of nitrogen functional groups attached to an aromatic ring is 1. The monoisotopic (exact) mass is 580 g/mol. The summed E-state index contributed by atoms with van der Waals surface area (Å²) in [7, 11) is 0. The summed E-state index contributed by atoms with van der Waals surface area (Å²) in [6.45, 7) is 6.35. The normalized spacial score (nSPS) is 15.7. The molecule has 35 heavy (non-hydrogen) atoms. The lowest BCUT2D eigenvalue weighted by Crippen LogP contribution is -2.35. The number of anilines is 1. The van der Waals surface area contributed by atoms with E-state index in [2.05, 4.69) is 91.4 Å². The summed E-state index contributed by atoms with van der Waals surface area (Å²) < 4.78 is 10.4. The van der Waals surface area contributed by atoms with Crippen molar-refractivity contribution in [3.05, 3.63) is 69.9 Å². The van der Waals surface area contributed by atoms with E-state index in [1.165, 1.54) is 6.33 Å². The van der Waals surface area contributed by atoms with Crippen molar-refractivity contribution in [3.63, 3.8) is 0 Å². The number of nitrogens with two attached hydrogens (primary N) is 1. The number of pyridine rings is 2. The first kappa shape index (κ1) is 22.4. The smallest absolute Gasteiger partial charge is 0.165 e. The van der Waals surface area contributed by atoms with Gasteiger partial charge in [0.15, 0.2) is 5.65 Å². The first-order chi connectivity index (χ1) is 17.1. The van der Waals surface area contributed by atoms with E-state index in [1.54, 1.807) is 0 Å². The van der Waals surface area contributed by atoms with Crippen molar-refractivity contribution < 1.29 is 4.74 Å². The SMILES string of the molecule is CC(c1cc2ccccn2c1-c1cccc(CN2CCOCC2)n1)n1nc(I)c2c(N)ncnc21. The van der Waals surface area contributed by atoms with Crippen molar-refractivity contribution in [3.8, 4) is 11.4 Å². The van der Waals surface area contributed by atoms with E-state index in [9.17, 15) is 0 Å². The van der Waals surface area contributed by atoms with Crippen LogP contribution >= 0.6 is 22.6 Å². The summed E-state index contributed by atoms with van der Waals surface area (Å²) in [5, 5.41) is 5.59. The molecule has 1 saturated heterocycles. The van der Waals surface area contributed by atoms with Gasteiger partial charge in [-0.1, -0.05) is 12.1 Å². The fourth-order valence-corrected chi connectivity index (χ4v) is 5.53. The second-order valence-corrected chi connectivity index (χ2v) is 9.74. The first-order valence-electron chi connectivity index (χ1n) is 11.6. The Kier molecular flexibility index (Phi) is 5.86. The number of fused-ring (bicyclic) bond motifs is 2. The molecule has 6 heterocycles. The maximum Gasteiger partial charge on any atom is 0.165 e. The molecule has 1 aliphatic rings. The van der Waals surface area contributed by atoms with Crippen LogP contribution in [0.3, 0.4) is 0 Å². The Balaban J connectivity index is 1.47. The van der Waals surface area contributed by atoms with Gasteiger partial charge in [0.2, 0.25) is 0 Å². The van der Waals surface area contributed by atoms with Crippen LogP contribution in [-0.4, -0.2) is 60.3 Å². The highest BCUT2D eigenvalue weighted by molar-refractivity contribution is 14.1. The average molecular weight is 580 g/mol. The summed E-state index contributed by atoms with van der Waals surface area (Å²) in [6.07, 6.45) is 3.58. The standard InChI is InChI=1S/C25H25IN8O/c1-16(34-25-21(23(26)31-34)24(27)28-15-29-25)19-13-18-6-2-3-8-33(18)22(19)20-7-4-5-17(30-20)14-32-9-11-35-12-10-32/h2-8,13,15-16H,9-12,14H2,1H3,(H2,27,28,29). The van der Waals surface area contributed by atoms with Crippen molar-refractivity contribution in [2.45, 2.75) is 19.5 Å². The number of hydrogen-bond acceptors (Lipinski definition) is 7. The highest BCUT2D eigenvalue weighted by Crippen LogP contribution is 2.35. The summed E-state index contributed by atoms with van der Waals surface area (Å²) in [5.41, 5.74) is 12.1. The largest absolute Gasteiger partial charge is 0.383 e. The Hall–Kier alpha value is -3.09. The molecule has 6 rings (SSSR count). The number of rotatable bonds is 5. The zero-order valence-electron chi connectivity index (χ0n) is 19.3. The second kappa shape index (κ2) is 9.17. The molecular weight excluding hydrogens is 555 g/mol. The molecular formula is C25H25IN8O. The molecule has 0 aliphatic carbocycles. The van der Waals surface area contributed by atoms with Crippen molar-refractivity contribution in [1.29, 1.82) is 0 Å². The van der Waals surface area contributed by atoms with Gasteiger partial charge in [-0.3, -0.25) is 4.90 Å². The van der Waals surface area contributed by atoms with E-state index >= 15 is 0 Å². The third kappa shape index (κ3) is 4.05. The first-order valence-corrected chi connectivity index (χ1v) is 12.7. The highest BCUT2D eigenvalue weighted by atomic mass is 127. The van der Waals surface area contributed by atoms with E-state index in [0.29, 0.717) is 5.82 Å². The zero-order chi connectivity index (χ0) is 23.9. The lowest BCUT2D eigenvalue weighted by Gasteiger charge is -2.26. The molecule has 1 fully saturated rings. The lowest BCUT2D eigenvalue weighted by atomic mass is 10.1. The van der Waals surface area contributed by atoms with Crippen molar-refractivity contribution in [1.82, 2.24) is 34.0 Å². The van der Waals surface area contributed by atoms with Gasteiger partial charge >= 0.3 is 0 Å². The third-order valence-corrected chi connectivity index (χ3v) is 7.30. The second-order valence-electron chi connectivity index (χ2n) is 8.72. The minimum absolute atomic E-state index is 0.102. The maximum atomic E-state index is 6.15. The Morgan fingerprint density at radius 3 is 2.83 bits per heavy atom. The number of hydrogen-bond donors (Lipinski definition) is 1. The number of ether oxygens (including phenoxy) is 1. The molecule has 0 amide bonds. The van der Waals surface area contributed by atoms with Gasteiger partial charge in [0.05, 0.1) is 41.7 Å². The molecule has 2 N–H and O–H groups in total. The number of nitrogens with zero attached hydrogens (tertiary/aromatic N) is 7. The minimum atomic E-state index is -0.102. The Morgan fingerprint density at radius 1 is 1.11 bits per heavy atom. The summed E-state index contributed by atoms with van der Waals surface area (Å²) in [6, 6.07) is 14.6. The lowest BCUT2D eigenvalue weighted by molar-refractivity contribution is 0.0336. The Morgan fingerprint density at radius 2 is 1.97 bits per heavy atom. The molecule has 178 valence electrons. The van der Waals surface area contributed by atoms with Gasteiger partial charge in [-0.15, -0.1) is 0 Å². The van der Waals surface area contributed by atoms with Crippen LogP contribution in [0, 0.1) is 3.70 Å². The van der Waals surface area contributed by atoms with Crippen LogP contribution < -0.4 is 5.73 Å². The summed E-state index contributed by atoms with van der Waals surface area (Å²) >= 11 is 2.20. The molecule has 10 heteroatoms. The van der Waals surface area contributed by atoms with E-state index in [4.69, 9.17) is 20.6 Å². The van der Waals surface area contributed by atoms with E-state index in [-0.39, 0.29) is 6.04 Å². The van der Waals surface area contributed by atoms with Crippen LogP contribution in [0.5, 0.6) is 0 Å². The van der Waals surface area contributed by atoms with Crippen LogP contribution in [-0.2, 0) is 11.3 Å². The number of halogens is 1. The van der Waals surface area contributed by atoms with Gasteiger partial charge in [0.1, 0.15) is 15.8 Å². The molecule has 5 aromatic rings. The molecule has 1 atom stereocenters. The van der Waals surface area contributed by atoms with Gasteiger partial charge in [-0.25, -0.2) is 19.6 Å². The highest BCUT2D eigenvalue weighted by Gasteiger charge is 2.24. The molecule has 0 radical (unpaired) electrons. The minimum Gasteiger partial charge on any atom is -0.383 e. The summed E-state index contributed by atoms with van der Waals surface area (Å²) in [5.74, 6) is 0.442. The average Bonchev–Trinajstić information content (AvgIpc) is 3.43. The number of morpholine rings is 1. The third-order valence-electron chi connectivity index (χ3n) is 6.54. The summed E-state index contributed by atoms with van der Waals surface area (Å²) in [4.78, 5) is 16.1. The van der Waals surface area contributed by atoms with E-state index in [1.807, 2.05) is 10.7 Å². The van der Waals surface area contributed by atoms with Crippen LogP contribution in [0.4, 0.5) is 5.82 Å².